The van der Waals surface area contributed by atoms with E-state index >= 15 is 0 Å². The molecule has 0 amide bonds. The van der Waals surface area contributed by atoms with Crippen LogP contribution in [0.2, 0.25) is 0 Å². The van der Waals surface area contributed by atoms with Gasteiger partial charge in [0.05, 0.1) is 5.38 Å². The molecule has 0 aromatic heterocycles. The van der Waals surface area contributed by atoms with Gasteiger partial charge in [0, 0.05) is 0 Å². The van der Waals surface area contributed by atoms with Gasteiger partial charge < -0.3 is 0 Å². The van der Waals surface area contributed by atoms with E-state index in [1.807, 2.05) is 0 Å². The van der Waals surface area contributed by atoms with Gasteiger partial charge in [-0.05, 0) is 29.4 Å². The van der Waals surface area contributed by atoms with Gasteiger partial charge in [-0.15, -0.1) is 11.6 Å². The summed E-state index contributed by atoms with van der Waals surface area (Å²) in [4.78, 5) is 0. The van der Waals surface area contributed by atoms with Crippen LogP contribution >= 0.6 is 11.6 Å². The fourth-order valence-electron chi connectivity index (χ4n) is 2.46. The molecule has 0 nitrogen and oxygen atoms in total. The summed E-state index contributed by atoms with van der Waals surface area (Å²) in [6, 6.07) is 8.59. The third-order valence-corrected chi connectivity index (χ3v) is 3.86. The topological polar surface area (TPSA) is 0 Å². The van der Waals surface area contributed by atoms with Gasteiger partial charge in [-0.2, -0.15) is 0 Å². The second kappa shape index (κ2) is 3.34. The van der Waals surface area contributed by atoms with Crippen molar-refractivity contribution in [3.05, 3.63) is 35.4 Å². The fourth-order valence-corrected chi connectivity index (χ4v) is 2.84. The number of alkyl halides is 1. The molecule has 0 saturated carbocycles. The predicted molar refractivity (Wildman–Crippen MR) is 57.2 cm³/mol. The van der Waals surface area contributed by atoms with Gasteiger partial charge in [-0.3, -0.25) is 0 Å². The van der Waals surface area contributed by atoms with Crippen molar-refractivity contribution < 1.29 is 0 Å². The Kier molecular flexibility index (Phi) is 2.33. The molecule has 0 aliphatic heterocycles. The summed E-state index contributed by atoms with van der Waals surface area (Å²) in [6.07, 6.45) is 1.20. The van der Waals surface area contributed by atoms with Gasteiger partial charge in [0.15, 0.2) is 0 Å². The Morgan fingerprint density at radius 2 is 1.85 bits per heavy atom. The Morgan fingerprint density at radius 1 is 1.23 bits per heavy atom. The minimum Gasteiger partial charge on any atom is -0.117 e. The van der Waals surface area contributed by atoms with Crippen molar-refractivity contribution in [2.24, 2.45) is 5.92 Å². The van der Waals surface area contributed by atoms with Crippen molar-refractivity contribution in [1.82, 2.24) is 0 Å². The minimum absolute atomic E-state index is 0.223. The highest BCUT2D eigenvalue weighted by Gasteiger charge is 2.34. The third kappa shape index (κ3) is 1.28. The quantitative estimate of drug-likeness (QED) is 0.591. The maximum absolute atomic E-state index is 6.37. The van der Waals surface area contributed by atoms with Crippen molar-refractivity contribution in [1.29, 1.82) is 0 Å². The second-order valence-electron chi connectivity index (χ2n) is 3.90. The molecule has 3 atom stereocenters. The number of hydrogen-bond donors (Lipinski definition) is 0. The Balaban J connectivity index is 2.47. The zero-order chi connectivity index (χ0) is 9.42. The summed E-state index contributed by atoms with van der Waals surface area (Å²) in [6.45, 7) is 4.50. The number of fused-ring (bicyclic) bond motifs is 1. The fraction of sp³-hybridized carbons (Fsp3) is 0.500. The normalized spacial score (nSPS) is 31.8. The smallest absolute Gasteiger partial charge is 0.0619 e. The average Bonchev–Trinajstić information content (AvgIpc) is 2.41. The van der Waals surface area contributed by atoms with Crippen molar-refractivity contribution >= 4 is 11.6 Å². The van der Waals surface area contributed by atoms with E-state index in [-0.39, 0.29) is 5.38 Å². The highest BCUT2D eigenvalue weighted by Crippen LogP contribution is 2.49. The van der Waals surface area contributed by atoms with Crippen LogP contribution in [0.15, 0.2) is 24.3 Å². The molecule has 0 saturated heterocycles. The van der Waals surface area contributed by atoms with Gasteiger partial charge in [0.1, 0.15) is 0 Å². The van der Waals surface area contributed by atoms with E-state index in [2.05, 4.69) is 38.1 Å². The van der Waals surface area contributed by atoms with Crippen LogP contribution in [0.25, 0.3) is 0 Å². The third-order valence-electron chi connectivity index (χ3n) is 3.23. The van der Waals surface area contributed by atoms with Crippen LogP contribution in [0.1, 0.15) is 42.7 Å². The first-order chi connectivity index (χ1) is 6.25. The van der Waals surface area contributed by atoms with Gasteiger partial charge in [-0.25, -0.2) is 0 Å². The molecule has 1 aromatic carbocycles. The van der Waals surface area contributed by atoms with Crippen molar-refractivity contribution in [3.63, 3.8) is 0 Å². The molecular weight excluding hydrogens is 180 g/mol. The van der Waals surface area contributed by atoms with E-state index in [4.69, 9.17) is 11.6 Å². The Morgan fingerprint density at radius 3 is 2.46 bits per heavy atom. The van der Waals surface area contributed by atoms with Crippen LogP contribution in [0.4, 0.5) is 0 Å². The number of rotatable bonds is 1. The molecular formula is C12H15Cl. The molecule has 0 radical (unpaired) electrons. The summed E-state index contributed by atoms with van der Waals surface area (Å²) in [7, 11) is 0. The largest absolute Gasteiger partial charge is 0.117 e. The van der Waals surface area contributed by atoms with E-state index in [1.165, 1.54) is 17.5 Å². The molecule has 1 aliphatic rings. The summed E-state index contributed by atoms with van der Waals surface area (Å²) >= 11 is 6.37. The lowest BCUT2D eigenvalue weighted by atomic mass is 9.92. The molecule has 0 spiro atoms. The van der Waals surface area contributed by atoms with Crippen molar-refractivity contribution in [2.75, 3.05) is 0 Å². The molecule has 1 aromatic rings. The van der Waals surface area contributed by atoms with Crippen LogP contribution in [-0.2, 0) is 0 Å². The lowest BCUT2D eigenvalue weighted by Gasteiger charge is -2.15. The number of benzene rings is 1. The molecule has 13 heavy (non-hydrogen) atoms. The highest BCUT2D eigenvalue weighted by atomic mass is 35.5. The SMILES string of the molecule is CCC1c2ccccc2C(Cl)C1C. The molecule has 70 valence electrons. The molecule has 0 bridgehead atoms. The second-order valence-corrected chi connectivity index (χ2v) is 4.37. The van der Waals surface area contributed by atoms with Crippen molar-refractivity contribution in [2.45, 2.75) is 31.6 Å². The van der Waals surface area contributed by atoms with Gasteiger partial charge in [0.2, 0.25) is 0 Å². The Labute approximate surface area is 84.9 Å². The van der Waals surface area contributed by atoms with Gasteiger partial charge in [0.25, 0.3) is 0 Å². The lowest BCUT2D eigenvalue weighted by Crippen LogP contribution is -2.03. The van der Waals surface area contributed by atoms with E-state index in [0.717, 1.165) is 0 Å². The maximum atomic E-state index is 6.37. The zero-order valence-corrected chi connectivity index (χ0v) is 8.88. The van der Waals surface area contributed by atoms with Crippen LogP contribution in [0.3, 0.4) is 0 Å². The van der Waals surface area contributed by atoms with Crippen LogP contribution < -0.4 is 0 Å². The van der Waals surface area contributed by atoms with Crippen LogP contribution in [0.5, 0.6) is 0 Å². The first kappa shape index (κ1) is 9.08. The molecule has 1 aliphatic carbocycles. The van der Waals surface area contributed by atoms with Crippen molar-refractivity contribution in [3.8, 4) is 0 Å². The molecule has 0 fully saturated rings. The summed E-state index contributed by atoms with van der Waals surface area (Å²) in [5, 5.41) is 0.223. The summed E-state index contributed by atoms with van der Waals surface area (Å²) in [5.74, 6) is 1.25. The van der Waals surface area contributed by atoms with E-state index in [9.17, 15) is 0 Å². The molecule has 0 N–H and O–H groups in total. The summed E-state index contributed by atoms with van der Waals surface area (Å²) in [5.41, 5.74) is 2.82. The van der Waals surface area contributed by atoms with Crippen LogP contribution in [0, 0.1) is 5.92 Å². The number of halogens is 1. The Bertz CT molecular complexity index is 306. The highest BCUT2D eigenvalue weighted by molar-refractivity contribution is 6.21. The zero-order valence-electron chi connectivity index (χ0n) is 8.13. The van der Waals surface area contributed by atoms with E-state index in [1.54, 1.807) is 0 Å². The first-order valence-corrected chi connectivity index (χ1v) is 5.42. The van der Waals surface area contributed by atoms with E-state index < -0.39 is 0 Å². The lowest BCUT2D eigenvalue weighted by molar-refractivity contribution is 0.476. The first-order valence-electron chi connectivity index (χ1n) is 4.98. The number of hydrogen-bond acceptors (Lipinski definition) is 0. The van der Waals surface area contributed by atoms with Crippen LogP contribution in [-0.4, -0.2) is 0 Å². The Hall–Kier alpha value is -0.490. The molecule has 0 heterocycles. The average molecular weight is 195 g/mol. The van der Waals surface area contributed by atoms with Gasteiger partial charge >= 0.3 is 0 Å². The minimum atomic E-state index is 0.223. The molecule has 1 heteroatoms. The van der Waals surface area contributed by atoms with Gasteiger partial charge in [-0.1, -0.05) is 38.1 Å². The summed E-state index contributed by atoms with van der Waals surface area (Å²) < 4.78 is 0. The maximum Gasteiger partial charge on any atom is 0.0619 e. The monoisotopic (exact) mass is 194 g/mol. The molecule has 2 rings (SSSR count). The van der Waals surface area contributed by atoms with E-state index in [0.29, 0.717) is 11.8 Å². The standard InChI is InChI=1S/C12H15Cl/c1-3-9-8(2)12(13)11-7-5-4-6-10(9)11/h4-9,12H,3H2,1-2H3. The molecule has 3 unspecified atom stereocenters. The predicted octanol–water partition coefficient (Wildman–Crippen LogP) is 4.11.